The minimum Gasteiger partial charge on any atom is -0.454 e. The summed E-state index contributed by atoms with van der Waals surface area (Å²) >= 11 is 1.35. The van der Waals surface area contributed by atoms with Crippen molar-refractivity contribution in [1.82, 2.24) is 14.8 Å². The van der Waals surface area contributed by atoms with E-state index in [1.807, 2.05) is 25.1 Å². The molecule has 0 spiro atoms. The quantitative estimate of drug-likeness (QED) is 0.530. The molecule has 0 radical (unpaired) electrons. The molecule has 0 saturated carbocycles. The molecular weight excluding hydrogens is 432 g/mol. The number of hydrogen-bond donors (Lipinski definition) is 0. The number of anilines is 1. The predicted octanol–water partition coefficient (Wildman–Crippen LogP) is 2.22. The van der Waals surface area contributed by atoms with Gasteiger partial charge in [-0.15, -0.1) is 0 Å². The summed E-state index contributed by atoms with van der Waals surface area (Å²) in [5.74, 6) is -0.0278. The summed E-state index contributed by atoms with van der Waals surface area (Å²) in [6, 6.07) is 10.2. The first kappa shape index (κ1) is 20.4. The number of carbonyl (C=O) groups excluding carboxylic acids is 3. The molecule has 1 aromatic heterocycles. The van der Waals surface area contributed by atoms with Crippen molar-refractivity contribution in [1.29, 1.82) is 0 Å². The van der Waals surface area contributed by atoms with Crippen LogP contribution in [-0.4, -0.2) is 73.0 Å². The molecule has 2 aliphatic heterocycles. The molecule has 3 aromatic rings. The average molecular weight is 452 g/mol. The summed E-state index contributed by atoms with van der Waals surface area (Å²) < 4.78 is 11.7. The van der Waals surface area contributed by atoms with Crippen molar-refractivity contribution >= 4 is 44.4 Å². The van der Waals surface area contributed by atoms with Crippen LogP contribution in [0.5, 0.6) is 11.5 Å². The molecule has 2 aromatic carbocycles. The van der Waals surface area contributed by atoms with Gasteiger partial charge in [0.2, 0.25) is 12.7 Å². The highest BCUT2D eigenvalue weighted by Crippen LogP contribution is 2.39. The van der Waals surface area contributed by atoms with Crippen molar-refractivity contribution in [2.75, 3.05) is 45.4 Å². The fourth-order valence-corrected chi connectivity index (χ4v) is 4.67. The maximum absolute atomic E-state index is 13.3. The van der Waals surface area contributed by atoms with Gasteiger partial charge in [0.1, 0.15) is 6.54 Å². The van der Waals surface area contributed by atoms with Gasteiger partial charge < -0.3 is 14.4 Å². The Morgan fingerprint density at radius 2 is 1.72 bits per heavy atom. The summed E-state index contributed by atoms with van der Waals surface area (Å²) in [6.07, 6.45) is 0. The molecule has 3 amide bonds. The van der Waals surface area contributed by atoms with Crippen LogP contribution < -0.4 is 14.4 Å². The van der Waals surface area contributed by atoms with Crippen molar-refractivity contribution in [3.8, 4) is 11.5 Å². The smallest absolute Gasteiger partial charge is 0.262 e. The summed E-state index contributed by atoms with van der Waals surface area (Å²) in [7, 11) is 3.81. The van der Waals surface area contributed by atoms with E-state index in [4.69, 9.17) is 9.47 Å². The Labute approximate surface area is 187 Å². The van der Waals surface area contributed by atoms with E-state index in [1.54, 1.807) is 30.3 Å². The Balaban J connectivity index is 1.43. The highest BCUT2D eigenvalue weighted by atomic mass is 32.1. The van der Waals surface area contributed by atoms with Crippen LogP contribution in [0, 0.1) is 0 Å². The summed E-state index contributed by atoms with van der Waals surface area (Å²) in [4.78, 5) is 47.8. The molecular formula is C22H20N4O5S. The van der Waals surface area contributed by atoms with E-state index < -0.39 is 11.8 Å². The maximum Gasteiger partial charge on any atom is 0.262 e. The van der Waals surface area contributed by atoms with Crippen molar-refractivity contribution in [3.63, 3.8) is 0 Å². The number of thiazole rings is 1. The number of hydrogen-bond acceptors (Lipinski definition) is 8. The molecule has 0 aliphatic carbocycles. The number of amides is 3. The third-order valence-corrected chi connectivity index (χ3v) is 6.39. The van der Waals surface area contributed by atoms with E-state index in [-0.39, 0.29) is 19.2 Å². The van der Waals surface area contributed by atoms with Gasteiger partial charge >= 0.3 is 0 Å². The van der Waals surface area contributed by atoms with Gasteiger partial charge in [0.05, 0.1) is 21.3 Å². The van der Waals surface area contributed by atoms with Crippen molar-refractivity contribution in [3.05, 3.63) is 47.5 Å². The molecule has 164 valence electrons. The lowest BCUT2D eigenvalue weighted by molar-refractivity contribution is -0.119. The SMILES string of the molecule is CN(C)CCN(C(=O)CN1C(=O)c2ccccc2C1=O)c1nc2cc3c(cc2s1)OCO3. The molecule has 0 bridgehead atoms. The van der Waals surface area contributed by atoms with Gasteiger partial charge in [0.15, 0.2) is 16.6 Å². The fraction of sp³-hybridized carbons (Fsp3) is 0.273. The average Bonchev–Trinajstić information content (AvgIpc) is 3.45. The first-order chi connectivity index (χ1) is 15.4. The van der Waals surface area contributed by atoms with Gasteiger partial charge in [0, 0.05) is 25.2 Å². The van der Waals surface area contributed by atoms with Gasteiger partial charge in [-0.2, -0.15) is 0 Å². The highest BCUT2D eigenvalue weighted by Gasteiger charge is 2.37. The van der Waals surface area contributed by atoms with E-state index >= 15 is 0 Å². The summed E-state index contributed by atoms with van der Waals surface area (Å²) in [5.41, 5.74) is 1.33. The molecule has 0 N–H and O–H groups in total. The number of aromatic nitrogens is 1. The largest absolute Gasteiger partial charge is 0.454 e. The predicted molar refractivity (Wildman–Crippen MR) is 118 cm³/mol. The second kappa shape index (κ2) is 7.88. The van der Waals surface area contributed by atoms with Gasteiger partial charge in [-0.05, 0) is 26.2 Å². The van der Waals surface area contributed by atoms with E-state index in [0.717, 1.165) is 9.60 Å². The zero-order chi connectivity index (χ0) is 22.4. The number of benzene rings is 2. The Kier molecular flexibility index (Phi) is 5.03. The number of likely N-dealkylation sites (N-methyl/N-ethyl adjacent to an activating group) is 1. The second-order valence-electron chi connectivity index (χ2n) is 7.76. The number of fused-ring (bicyclic) bond motifs is 3. The molecule has 10 heteroatoms. The second-order valence-corrected chi connectivity index (χ2v) is 8.77. The monoisotopic (exact) mass is 452 g/mol. The third kappa shape index (κ3) is 3.47. The van der Waals surface area contributed by atoms with E-state index in [2.05, 4.69) is 4.98 Å². The normalized spacial score (nSPS) is 14.5. The zero-order valence-electron chi connectivity index (χ0n) is 17.5. The van der Waals surface area contributed by atoms with Crippen LogP contribution in [0.3, 0.4) is 0 Å². The number of nitrogens with zero attached hydrogens (tertiary/aromatic N) is 4. The summed E-state index contributed by atoms with van der Waals surface area (Å²) in [5, 5.41) is 0.493. The molecule has 2 aliphatic rings. The van der Waals surface area contributed by atoms with Crippen LogP contribution in [0.1, 0.15) is 20.7 Å². The lowest BCUT2D eigenvalue weighted by atomic mass is 10.1. The van der Waals surface area contributed by atoms with Crippen molar-refractivity contribution in [2.24, 2.45) is 0 Å². The molecule has 3 heterocycles. The number of imide groups is 1. The lowest BCUT2D eigenvalue weighted by Gasteiger charge is -2.24. The molecule has 0 atom stereocenters. The zero-order valence-corrected chi connectivity index (χ0v) is 18.3. The topological polar surface area (TPSA) is 92.3 Å². The maximum atomic E-state index is 13.3. The lowest BCUT2D eigenvalue weighted by Crippen LogP contribution is -2.45. The molecule has 32 heavy (non-hydrogen) atoms. The van der Waals surface area contributed by atoms with Gasteiger partial charge in [-0.1, -0.05) is 23.5 Å². The van der Waals surface area contributed by atoms with Crippen LogP contribution in [-0.2, 0) is 4.79 Å². The number of rotatable bonds is 6. The first-order valence-electron chi connectivity index (χ1n) is 10.0. The van der Waals surface area contributed by atoms with E-state index in [1.165, 1.54) is 16.2 Å². The molecule has 5 rings (SSSR count). The molecule has 0 fully saturated rings. The van der Waals surface area contributed by atoms with Crippen molar-refractivity contribution < 1.29 is 23.9 Å². The van der Waals surface area contributed by atoms with Crippen LogP contribution in [0.15, 0.2) is 36.4 Å². The standard InChI is InChI=1S/C22H20N4O5S/c1-24(2)7-8-25(22-23-15-9-16-17(31-12-30-16)10-18(15)32-22)19(27)11-26-20(28)13-5-3-4-6-14(13)21(26)29/h3-6,9-10H,7-8,11-12H2,1-2H3. The highest BCUT2D eigenvalue weighted by molar-refractivity contribution is 7.22. The minimum absolute atomic E-state index is 0.174. The number of ether oxygens (including phenoxy) is 2. The Bertz CT molecular complexity index is 1180. The minimum atomic E-state index is -0.457. The Hall–Kier alpha value is -3.50. The molecule has 9 nitrogen and oxygen atoms in total. The van der Waals surface area contributed by atoms with Crippen LogP contribution in [0.4, 0.5) is 5.13 Å². The van der Waals surface area contributed by atoms with Gasteiger partial charge in [-0.25, -0.2) is 4.98 Å². The van der Waals surface area contributed by atoms with Crippen molar-refractivity contribution in [2.45, 2.75) is 0 Å². The van der Waals surface area contributed by atoms with Gasteiger partial charge in [0.25, 0.3) is 11.8 Å². The third-order valence-electron chi connectivity index (χ3n) is 5.35. The Morgan fingerprint density at radius 3 is 2.38 bits per heavy atom. The summed E-state index contributed by atoms with van der Waals surface area (Å²) in [6.45, 7) is 0.777. The van der Waals surface area contributed by atoms with E-state index in [9.17, 15) is 14.4 Å². The number of carbonyl (C=O) groups is 3. The van der Waals surface area contributed by atoms with Crippen LogP contribution in [0.2, 0.25) is 0 Å². The Morgan fingerprint density at radius 1 is 1.06 bits per heavy atom. The van der Waals surface area contributed by atoms with Crippen LogP contribution >= 0.6 is 11.3 Å². The fourth-order valence-electron chi connectivity index (χ4n) is 3.65. The van der Waals surface area contributed by atoms with Crippen LogP contribution in [0.25, 0.3) is 10.2 Å². The molecule has 0 unspecified atom stereocenters. The first-order valence-corrected chi connectivity index (χ1v) is 10.8. The van der Waals surface area contributed by atoms with E-state index in [0.29, 0.717) is 46.4 Å². The van der Waals surface area contributed by atoms with Gasteiger partial charge in [-0.3, -0.25) is 24.2 Å². The molecule has 0 saturated heterocycles.